The van der Waals surface area contributed by atoms with Gasteiger partial charge in [-0.05, 0) is 76.0 Å². The van der Waals surface area contributed by atoms with Gasteiger partial charge in [-0.15, -0.1) is 0 Å². The van der Waals surface area contributed by atoms with Gasteiger partial charge in [0.1, 0.15) is 5.60 Å². The van der Waals surface area contributed by atoms with E-state index < -0.39 is 44.0 Å². The number of carbonyl (C=O) groups is 2. The van der Waals surface area contributed by atoms with Crippen molar-refractivity contribution in [3.63, 3.8) is 0 Å². The van der Waals surface area contributed by atoms with Crippen LogP contribution in [0.25, 0.3) is 0 Å². The second-order valence-electron chi connectivity index (χ2n) is 12.6. The van der Waals surface area contributed by atoms with Gasteiger partial charge in [0.2, 0.25) is 0 Å². The van der Waals surface area contributed by atoms with Crippen LogP contribution in [0.4, 0.5) is 4.79 Å². The van der Waals surface area contributed by atoms with Crippen molar-refractivity contribution in [2.45, 2.75) is 118 Å². The third-order valence-corrected chi connectivity index (χ3v) is 11.3. The van der Waals surface area contributed by atoms with E-state index in [9.17, 15) is 14.7 Å². The van der Waals surface area contributed by atoms with E-state index in [1.54, 1.807) is 0 Å². The monoisotopic (exact) mass is 488 g/mol. The van der Waals surface area contributed by atoms with Gasteiger partial charge < -0.3 is 25.3 Å². The molecule has 8 heteroatoms. The molecule has 0 radical (unpaired) electrons. The van der Waals surface area contributed by atoms with Crippen LogP contribution in [-0.4, -0.2) is 49.8 Å². The van der Waals surface area contributed by atoms with Gasteiger partial charge in [0, 0.05) is 0 Å². The van der Waals surface area contributed by atoms with Crippen LogP contribution < -0.4 is 11.1 Å². The highest BCUT2D eigenvalue weighted by atomic mass is 28.4. The number of nitrogens with two attached hydrogens (primary N) is 1. The summed E-state index contributed by atoms with van der Waals surface area (Å²) in [5.41, 5.74) is 5.44. The molecule has 0 rings (SSSR count). The van der Waals surface area contributed by atoms with Crippen LogP contribution in [0.2, 0.25) is 18.1 Å². The predicted molar refractivity (Wildman–Crippen MR) is 138 cm³/mol. The molecule has 0 aromatic rings. The number of hydrogen-bond acceptors (Lipinski definition) is 5. The van der Waals surface area contributed by atoms with E-state index in [0.29, 0.717) is 25.3 Å². The molecule has 0 aliphatic heterocycles. The number of rotatable bonds is 12. The van der Waals surface area contributed by atoms with Crippen LogP contribution in [0.15, 0.2) is 0 Å². The molecule has 7 nitrogen and oxygen atoms in total. The van der Waals surface area contributed by atoms with Gasteiger partial charge in [-0.1, -0.05) is 48.5 Å². The molecule has 196 valence electrons. The van der Waals surface area contributed by atoms with Crippen molar-refractivity contribution >= 4 is 20.4 Å². The number of carbonyl (C=O) groups excluding carboxylic acids is 1. The zero-order valence-electron chi connectivity index (χ0n) is 23.2. The zero-order valence-corrected chi connectivity index (χ0v) is 24.2. The van der Waals surface area contributed by atoms with Crippen LogP contribution in [0.3, 0.4) is 0 Å². The first-order valence-corrected chi connectivity index (χ1v) is 15.2. The molecule has 0 saturated heterocycles. The maximum atomic E-state index is 12.8. The lowest BCUT2D eigenvalue weighted by Crippen LogP contribution is -2.54. The fraction of sp³-hybridized carbons (Fsp3) is 0.920. The number of ether oxygens (including phenoxy) is 1. The molecule has 0 aliphatic carbocycles. The summed E-state index contributed by atoms with van der Waals surface area (Å²) in [5.74, 6) is -1.03. The molecule has 0 bridgehead atoms. The summed E-state index contributed by atoms with van der Waals surface area (Å²) < 4.78 is 12.4. The third-order valence-electron chi connectivity index (χ3n) is 6.81. The zero-order chi connectivity index (χ0) is 26.4. The fourth-order valence-electron chi connectivity index (χ4n) is 3.49. The Morgan fingerprint density at radius 3 is 1.82 bits per heavy atom. The minimum Gasteiger partial charge on any atom is -0.481 e. The Balaban J connectivity index is 6.31. The fourth-order valence-corrected chi connectivity index (χ4v) is 4.86. The van der Waals surface area contributed by atoms with Crippen LogP contribution in [0.5, 0.6) is 0 Å². The molecule has 0 saturated carbocycles. The molecule has 0 heterocycles. The number of aliphatic carboxylic acids is 1. The Morgan fingerprint density at radius 2 is 1.48 bits per heavy atom. The lowest BCUT2D eigenvalue weighted by Gasteiger charge is -2.43. The molecule has 0 fully saturated rings. The molecule has 0 aromatic heterocycles. The van der Waals surface area contributed by atoms with Gasteiger partial charge in [0.25, 0.3) is 0 Å². The number of amides is 1. The summed E-state index contributed by atoms with van der Waals surface area (Å²) >= 11 is 0. The summed E-state index contributed by atoms with van der Waals surface area (Å²) in [6, 6.07) is -0.412. The van der Waals surface area contributed by atoms with E-state index in [1.807, 2.05) is 34.6 Å². The molecule has 4 atom stereocenters. The Bertz CT molecular complexity index is 623. The molecule has 0 spiro atoms. The van der Waals surface area contributed by atoms with E-state index in [0.717, 1.165) is 0 Å². The molecule has 1 amide bonds. The standard InChI is InChI=1S/C25H52N2O5Si/c1-16(2)18(15-26)13-20(27-23(30)31-24(5,6)7)21(14-19(17(3)4)22(28)29)32-33(11,12)25(8,9)10/h16-21H,13-15,26H2,1-12H3,(H,27,30)(H,28,29)/t18-,19+,20+,21+/m1/s1. The van der Waals surface area contributed by atoms with E-state index in [1.165, 1.54) is 0 Å². The van der Waals surface area contributed by atoms with Crippen LogP contribution in [0.1, 0.15) is 82.1 Å². The second-order valence-corrected chi connectivity index (χ2v) is 17.3. The third kappa shape index (κ3) is 11.2. The second kappa shape index (κ2) is 12.5. The van der Waals surface area contributed by atoms with Crippen LogP contribution >= 0.6 is 0 Å². The van der Waals surface area contributed by atoms with Crippen molar-refractivity contribution < 1.29 is 23.9 Å². The molecular formula is C25H52N2O5Si. The van der Waals surface area contributed by atoms with E-state index in [4.69, 9.17) is 14.9 Å². The number of nitrogens with one attached hydrogen (secondary N) is 1. The quantitative estimate of drug-likeness (QED) is 0.307. The van der Waals surface area contributed by atoms with Gasteiger partial charge in [0.15, 0.2) is 8.32 Å². The van der Waals surface area contributed by atoms with Gasteiger partial charge >= 0.3 is 12.1 Å². The van der Waals surface area contributed by atoms with Crippen molar-refractivity contribution in [1.82, 2.24) is 5.32 Å². The number of carboxylic acid groups (broad SMARTS) is 1. The van der Waals surface area contributed by atoms with Crippen molar-refractivity contribution in [2.24, 2.45) is 29.4 Å². The highest BCUT2D eigenvalue weighted by molar-refractivity contribution is 6.74. The topological polar surface area (TPSA) is 111 Å². The van der Waals surface area contributed by atoms with Gasteiger partial charge in [-0.3, -0.25) is 4.79 Å². The van der Waals surface area contributed by atoms with Crippen molar-refractivity contribution in [3.8, 4) is 0 Å². The van der Waals surface area contributed by atoms with Crippen molar-refractivity contribution in [3.05, 3.63) is 0 Å². The Kier molecular flexibility index (Phi) is 12.1. The predicted octanol–water partition coefficient (Wildman–Crippen LogP) is 5.64. The average Bonchev–Trinajstić information content (AvgIpc) is 2.58. The molecular weight excluding hydrogens is 436 g/mol. The summed E-state index contributed by atoms with van der Waals surface area (Å²) in [6.45, 7) is 24.7. The van der Waals surface area contributed by atoms with Gasteiger partial charge in [-0.25, -0.2) is 4.79 Å². The first kappa shape index (κ1) is 31.9. The molecule has 0 unspecified atom stereocenters. The number of hydrogen-bond donors (Lipinski definition) is 3. The van der Waals surface area contributed by atoms with E-state index >= 15 is 0 Å². The van der Waals surface area contributed by atoms with Crippen molar-refractivity contribution in [1.29, 1.82) is 0 Å². The Morgan fingerprint density at radius 1 is 0.970 bits per heavy atom. The Labute approximate surface area is 203 Å². The summed E-state index contributed by atoms with van der Waals surface area (Å²) in [4.78, 5) is 24.9. The Hall–Kier alpha value is -1.12. The smallest absolute Gasteiger partial charge is 0.407 e. The summed E-state index contributed by atoms with van der Waals surface area (Å²) in [6.07, 6.45) is -0.0750. The van der Waals surface area contributed by atoms with E-state index in [-0.39, 0.29) is 16.9 Å². The lowest BCUT2D eigenvalue weighted by molar-refractivity contribution is -0.144. The first-order valence-electron chi connectivity index (χ1n) is 12.3. The van der Waals surface area contributed by atoms with Crippen molar-refractivity contribution in [2.75, 3.05) is 6.54 Å². The lowest BCUT2D eigenvalue weighted by atomic mass is 9.83. The first-order chi connectivity index (χ1) is 14.7. The molecule has 33 heavy (non-hydrogen) atoms. The van der Waals surface area contributed by atoms with Gasteiger partial charge in [-0.2, -0.15) is 0 Å². The largest absolute Gasteiger partial charge is 0.481 e. The highest BCUT2D eigenvalue weighted by Gasteiger charge is 2.43. The average molecular weight is 489 g/mol. The summed E-state index contributed by atoms with van der Waals surface area (Å²) in [5, 5.41) is 12.9. The molecule has 4 N–H and O–H groups in total. The minimum absolute atomic E-state index is 0.0643. The summed E-state index contributed by atoms with van der Waals surface area (Å²) in [7, 11) is -2.27. The SMILES string of the molecule is CC(C)[C@@H](CN)C[C@H](NC(=O)OC(C)(C)C)[C@H](C[C@H](C(=O)O)C(C)C)O[Si](C)(C)C(C)(C)C. The number of alkyl carbamates (subject to hydrolysis) is 1. The van der Waals surface area contributed by atoms with Gasteiger partial charge in [0.05, 0.1) is 18.1 Å². The maximum absolute atomic E-state index is 12.8. The van der Waals surface area contributed by atoms with Crippen LogP contribution in [-0.2, 0) is 14.0 Å². The maximum Gasteiger partial charge on any atom is 0.407 e. The normalized spacial score (nSPS) is 16.9. The van der Waals surface area contributed by atoms with E-state index in [2.05, 4.69) is 53.0 Å². The molecule has 0 aromatic carbocycles. The molecule has 0 aliphatic rings. The van der Waals surface area contributed by atoms with Crippen LogP contribution in [0, 0.1) is 23.7 Å². The number of carboxylic acids is 1. The minimum atomic E-state index is -2.27. The highest BCUT2D eigenvalue weighted by Crippen LogP contribution is 2.39.